The Bertz CT molecular complexity index is 1220. The van der Waals surface area contributed by atoms with Crippen molar-refractivity contribution in [2.45, 2.75) is 5.16 Å². The van der Waals surface area contributed by atoms with E-state index in [4.69, 9.17) is 16.0 Å². The molecule has 0 fully saturated rings. The first-order valence-corrected chi connectivity index (χ1v) is 11.0. The smallest absolute Gasteiger partial charge is 0.250 e. The number of nitrogens with one attached hydrogen (secondary N) is 1. The maximum absolute atomic E-state index is 12.2. The minimum atomic E-state index is -0.260. The van der Waals surface area contributed by atoms with Gasteiger partial charge in [0.25, 0.3) is 5.91 Å². The average molecular weight is 464 g/mol. The number of hydrazone groups is 1. The molecule has 0 unspecified atom stereocenters. The Balaban J connectivity index is 1.45. The fourth-order valence-electron chi connectivity index (χ4n) is 2.80. The third-order valence-corrected chi connectivity index (χ3v) is 5.42. The predicted molar refractivity (Wildman–Crippen MR) is 127 cm³/mol. The van der Waals surface area contributed by atoms with Crippen LogP contribution < -0.4 is 5.43 Å². The molecular formula is C23H18ClN5O2S. The zero-order valence-electron chi connectivity index (χ0n) is 16.8. The Kier molecular flexibility index (Phi) is 7.16. The number of allylic oxidation sites excluding steroid dienone is 1. The highest BCUT2D eigenvalue weighted by atomic mass is 35.5. The molecule has 0 bridgehead atoms. The van der Waals surface area contributed by atoms with E-state index in [0.717, 1.165) is 11.3 Å². The number of rotatable bonds is 8. The third-order valence-electron chi connectivity index (χ3n) is 4.24. The summed E-state index contributed by atoms with van der Waals surface area (Å²) >= 11 is 7.32. The maximum atomic E-state index is 12.2. The Hall–Kier alpha value is -3.62. The number of nitrogens with zero attached hydrogens (tertiary/aromatic N) is 4. The lowest BCUT2D eigenvalue weighted by Crippen LogP contribution is -2.19. The summed E-state index contributed by atoms with van der Waals surface area (Å²) in [7, 11) is 0. The molecule has 4 rings (SSSR count). The van der Waals surface area contributed by atoms with Crippen LogP contribution >= 0.6 is 23.4 Å². The first-order valence-electron chi connectivity index (χ1n) is 9.62. The lowest BCUT2D eigenvalue weighted by molar-refractivity contribution is -0.118. The summed E-state index contributed by atoms with van der Waals surface area (Å²) in [6.07, 6.45) is 6.48. The average Bonchev–Trinajstić information content (AvgIpc) is 3.49. The highest BCUT2D eigenvalue weighted by Gasteiger charge is 2.17. The normalized spacial score (nSPS) is 11.4. The number of benzene rings is 2. The minimum Gasteiger partial charge on any atom is -0.465 e. The van der Waals surface area contributed by atoms with E-state index in [1.807, 2.05) is 53.1 Å². The first kappa shape index (κ1) is 21.6. The minimum absolute atomic E-state index is 0.125. The summed E-state index contributed by atoms with van der Waals surface area (Å²) in [6, 6.07) is 20.7. The van der Waals surface area contributed by atoms with E-state index in [0.29, 0.717) is 21.8 Å². The summed E-state index contributed by atoms with van der Waals surface area (Å²) < 4.78 is 7.08. The molecule has 4 aromatic rings. The SMILES string of the molecule is O=C(CSc1nnc(-c2ccccc2)n1-c1ccc(Cl)cc1)N/N=C\C=C/c1ccco1. The fraction of sp³-hybridized carbons (Fsp3) is 0.0435. The van der Waals surface area contributed by atoms with Gasteiger partial charge in [0.1, 0.15) is 5.76 Å². The number of carbonyl (C=O) groups excluding carboxylic acids is 1. The van der Waals surface area contributed by atoms with Crippen molar-refractivity contribution in [2.24, 2.45) is 5.10 Å². The second-order valence-corrected chi connectivity index (χ2v) is 7.84. The highest BCUT2D eigenvalue weighted by Crippen LogP contribution is 2.28. The molecule has 1 amide bonds. The quantitative estimate of drug-likeness (QED) is 0.223. The Morgan fingerprint density at radius 2 is 1.91 bits per heavy atom. The first-order chi connectivity index (χ1) is 15.7. The van der Waals surface area contributed by atoms with Gasteiger partial charge in [-0.1, -0.05) is 53.7 Å². The van der Waals surface area contributed by atoms with Gasteiger partial charge < -0.3 is 4.42 Å². The number of halogens is 1. The van der Waals surface area contributed by atoms with Crippen molar-refractivity contribution in [3.63, 3.8) is 0 Å². The summed E-state index contributed by atoms with van der Waals surface area (Å²) in [5.74, 6) is 1.25. The molecule has 0 saturated heterocycles. The van der Waals surface area contributed by atoms with Gasteiger partial charge in [0.05, 0.1) is 12.0 Å². The molecule has 2 aromatic carbocycles. The molecule has 0 radical (unpaired) electrons. The van der Waals surface area contributed by atoms with Crippen LogP contribution in [0.15, 0.2) is 93.7 Å². The molecule has 0 saturated carbocycles. The number of furan rings is 1. The Morgan fingerprint density at radius 1 is 1.09 bits per heavy atom. The van der Waals surface area contributed by atoms with Crippen LogP contribution in [0.1, 0.15) is 5.76 Å². The van der Waals surface area contributed by atoms with E-state index < -0.39 is 0 Å². The number of aromatic nitrogens is 3. The summed E-state index contributed by atoms with van der Waals surface area (Å²) in [5, 5.41) is 13.8. The van der Waals surface area contributed by atoms with Gasteiger partial charge in [-0.05, 0) is 48.6 Å². The van der Waals surface area contributed by atoms with Crippen molar-refractivity contribution in [3.05, 3.63) is 89.9 Å². The van der Waals surface area contributed by atoms with Gasteiger partial charge in [-0.3, -0.25) is 9.36 Å². The highest BCUT2D eigenvalue weighted by molar-refractivity contribution is 7.99. The van der Waals surface area contributed by atoms with Crippen LogP contribution in [-0.2, 0) is 4.79 Å². The van der Waals surface area contributed by atoms with E-state index in [1.165, 1.54) is 18.0 Å². The van der Waals surface area contributed by atoms with E-state index >= 15 is 0 Å². The van der Waals surface area contributed by atoms with E-state index in [1.54, 1.807) is 36.6 Å². The lowest BCUT2D eigenvalue weighted by Gasteiger charge is -2.10. The summed E-state index contributed by atoms with van der Waals surface area (Å²) in [5.41, 5.74) is 4.26. The molecule has 0 aliphatic heterocycles. The van der Waals surface area contributed by atoms with Gasteiger partial charge in [-0.2, -0.15) is 5.10 Å². The molecular weight excluding hydrogens is 446 g/mol. The summed E-state index contributed by atoms with van der Waals surface area (Å²) in [4.78, 5) is 12.2. The topological polar surface area (TPSA) is 85.3 Å². The van der Waals surface area contributed by atoms with Gasteiger partial charge >= 0.3 is 0 Å². The molecule has 32 heavy (non-hydrogen) atoms. The van der Waals surface area contributed by atoms with Crippen LogP contribution in [0.3, 0.4) is 0 Å². The van der Waals surface area contributed by atoms with Crippen molar-refractivity contribution < 1.29 is 9.21 Å². The van der Waals surface area contributed by atoms with E-state index in [-0.39, 0.29) is 11.7 Å². The molecule has 9 heteroatoms. The van der Waals surface area contributed by atoms with Crippen LogP contribution in [0.25, 0.3) is 23.2 Å². The second kappa shape index (κ2) is 10.6. The van der Waals surface area contributed by atoms with Crippen LogP contribution in [-0.4, -0.2) is 32.6 Å². The fourth-order valence-corrected chi connectivity index (χ4v) is 3.67. The van der Waals surface area contributed by atoms with Gasteiger partial charge in [0.2, 0.25) is 0 Å². The predicted octanol–water partition coefficient (Wildman–Crippen LogP) is 5.09. The Morgan fingerprint density at radius 3 is 2.66 bits per heavy atom. The van der Waals surface area contributed by atoms with Crippen molar-refractivity contribution in [2.75, 3.05) is 5.75 Å². The molecule has 2 aromatic heterocycles. The van der Waals surface area contributed by atoms with Crippen molar-refractivity contribution >= 4 is 41.6 Å². The number of hydrogen-bond acceptors (Lipinski definition) is 6. The maximum Gasteiger partial charge on any atom is 0.250 e. The molecule has 7 nitrogen and oxygen atoms in total. The third kappa shape index (κ3) is 5.54. The number of amides is 1. The standard InChI is InChI=1S/C23H18ClN5O2S/c24-18-10-12-19(13-11-18)29-22(17-6-2-1-3-7-17)27-28-23(29)32-16-21(30)26-25-14-4-8-20-9-5-15-31-20/h1-15H,16H2,(H,26,30)/b8-4-,25-14-. The number of carbonyl (C=O) groups is 1. The van der Waals surface area contributed by atoms with Crippen LogP contribution in [0.5, 0.6) is 0 Å². The van der Waals surface area contributed by atoms with Crippen LogP contribution in [0.2, 0.25) is 5.02 Å². The lowest BCUT2D eigenvalue weighted by atomic mass is 10.2. The Labute approximate surface area is 193 Å². The molecule has 0 aliphatic rings. The van der Waals surface area contributed by atoms with Gasteiger partial charge in [0.15, 0.2) is 11.0 Å². The van der Waals surface area contributed by atoms with Crippen molar-refractivity contribution in [3.8, 4) is 17.1 Å². The molecule has 0 atom stereocenters. The number of thioether (sulfide) groups is 1. The van der Waals surface area contributed by atoms with E-state index in [9.17, 15) is 4.79 Å². The molecule has 160 valence electrons. The molecule has 2 heterocycles. The van der Waals surface area contributed by atoms with Gasteiger partial charge in [-0.15, -0.1) is 10.2 Å². The zero-order chi connectivity index (χ0) is 22.2. The second-order valence-electron chi connectivity index (χ2n) is 6.46. The van der Waals surface area contributed by atoms with E-state index in [2.05, 4.69) is 20.7 Å². The van der Waals surface area contributed by atoms with Crippen LogP contribution in [0, 0.1) is 0 Å². The zero-order valence-corrected chi connectivity index (χ0v) is 18.3. The molecule has 1 N–H and O–H groups in total. The largest absolute Gasteiger partial charge is 0.465 e. The summed E-state index contributed by atoms with van der Waals surface area (Å²) in [6.45, 7) is 0. The van der Waals surface area contributed by atoms with Crippen molar-refractivity contribution in [1.29, 1.82) is 0 Å². The van der Waals surface area contributed by atoms with Gasteiger partial charge in [0, 0.05) is 22.5 Å². The molecule has 0 spiro atoms. The van der Waals surface area contributed by atoms with Crippen molar-refractivity contribution in [1.82, 2.24) is 20.2 Å². The van der Waals surface area contributed by atoms with Crippen LogP contribution in [0.4, 0.5) is 0 Å². The molecule has 0 aliphatic carbocycles. The van der Waals surface area contributed by atoms with Gasteiger partial charge in [-0.25, -0.2) is 5.43 Å². The number of hydrogen-bond donors (Lipinski definition) is 1. The monoisotopic (exact) mass is 463 g/mol.